The first-order valence-corrected chi connectivity index (χ1v) is 14.7. The normalized spacial score (nSPS) is 14.2. The molecule has 0 radical (unpaired) electrons. The second-order valence-electron chi connectivity index (χ2n) is 4.54. The molecule has 0 aromatic rings. The molecule has 0 aliphatic heterocycles. The number of nitrogens with zero attached hydrogens (tertiary/aromatic N) is 6. The van der Waals surface area contributed by atoms with E-state index in [1.807, 2.05) is 0 Å². The molecule has 0 saturated carbocycles. The van der Waals surface area contributed by atoms with Gasteiger partial charge in [-0.3, -0.25) is 4.21 Å². The average molecular weight is 526 g/mol. The molecular weight excluding hydrogens is 507 g/mol. The van der Waals surface area contributed by atoms with Crippen molar-refractivity contribution in [3.8, 4) is 0 Å². The summed E-state index contributed by atoms with van der Waals surface area (Å²) in [4.78, 5) is 5.49. The van der Waals surface area contributed by atoms with Crippen LogP contribution < -0.4 is 59.1 Å². The zero-order valence-corrected chi connectivity index (χ0v) is 24.5. The topological polar surface area (TPSA) is 175 Å². The predicted molar refractivity (Wildman–Crippen MR) is 114 cm³/mol. The molecule has 0 saturated heterocycles. The van der Waals surface area contributed by atoms with Crippen LogP contribution >= 0.6 is 43.2 Å². The molecule has 0 aromatic heterocycles. The largest absolute Gasteiger partial charge is 1.00 e. The van der Waals surface area contributed by atoms with Crippen LogP contribution in [0.2, 0.25) is 0 Å². The van der Waals surface area contributed by atoms with Crippen molar-refractivity contribution in [1.82, 2.24) is 0 Å². The predicted octanol–water partition coefficient (Wildman–Crippen LogP) is -2.00. The van der Waals surface area contributed by atoms with E-state index in [4.69, 9.17) is 15.6 Å². The fraction of sp³-hybridized carbons (Fsp3) is 1.00. The van der Waals surface area contributed by atoms with Crippen molar-refractivity contribution < 1.29 is 76.6 Å². The Labute approximate surface area is 229 Å². The van der Waals surface area contributed by atoms with Crippen molar-refractivity contribution in [3.05, 3.63) is 20.9 Å². The zero-order chi connectivity index (χ0) is 19.6. The second-order valence-corrected chi connectivity index (χ2v) is 11.9. The molecule has 0 amide bonds. The van der Waals surface area contributed by atoms with Crippen LogP contribution in [0.1, 0.15) is 12.8 Å². The number of hydrogen-bond donors (Lipinski definition) is 1. The van der Waals surface area contributed by atoms with E-state index in [0.29, 0.717) is 24.3 Å². The van der Waals surface area contributed by atoms with Gasteiger partial charge in [0.2, 0.25) is 0 Å². The monoisotopic (exact) mass is 525 g/mol. The SMILES string of the molecule is [N-]=[N+]=N[C@H](CCS(=O)[O-])CSSCCSSC[C@@H](CCS(=O)O)N=[N+]=[N-].[Na+].[Na+]. The first kappa shape index (κ1) is 34.8. The molecular formula is C10H19N6Na2O4S6+. The summed E-state index contributed by atoms with van der Waals surface area (Å²) in [5.41, 5.74) is 17.0. The third kappa shape index (κ3) is 24.5. The van der Waals surface area contributed by atoms with E-state index >= 15 is 0 Å². The van der Waals surface area contributed by atoms with E-state index in [9.17, 15) is 13.0 Å². The molecule has 0 rings (SSSR count). The second kappa shape index (κ2) is 25.5. The Morgan fingerprint density at radius 1 is 0.893 bits per heavy atom. The van der Waals surface area contributed by atoms with Gasteiger partial charge in [-0.1, -0.05) is 64.5 Å². The van der Waals surface area contributed by atoms with Gasteiger partial charge in [0.1, 0.15) is 0 Å². The summed E-state index contributed by atoms with van der Waals surface area (Å²) >= 11 is -4.01. The molecule has 28 heavy (non-hydrogen) atoms. The Balaban J connectivity index is -0.00000312. The molecule has 0 aliphatic carbocycles. The Hall–Kier alpha value is 2.24. The molecule has 0 fully saturated rings. The van der Waals surface area contributed by atoms with Crippen LogP contribution in [0.15, 0.2) is 10.2 Å². The summed E-state index contributed by atoms with van der Waals surface area (Å²) in [6.45, 7) is 0. The molecule has 0 bridgehead atoms. The number of hydrogen-bond acceptors (Lipinski definition) is 9. The summed E-state index contributed by atoms with van der Waals surface area (Å²) in [5, 5.41) is 7.21. The maximum atomic E-state index is 10.7. The quantitative estimate of drug-likeness (QED) is 0.0431. The maximum absolute atomic E-state index is 10.7. The van der Waals surface area contributed by atoms with Crippen LogP contribution in [0.25, 0.3) is 20.9 Å². The summed E-state index contributed by atoms with van der Waals surface area (Å²) in [6.07, 6.45) is 0.693. The van der Waals surface area contributed by atoms with Crippen molar-refractivity contribution in [3.63, 3.8) is 0 Å². The van der Waals surface area contributed by atoms with Gasteiger partial charge >= 0.3 is 59.1 Å². The van der Waals surface area contributed by atoms with Gasteiger partial charge in [0.15, 0.2) is 11.1 Å². The first-order valence-electron chi connectivity index (χ1n) is 7.20. The van der Waals surface area contributed by atoms with Crippen LogP contribution in [-0.2, 0) is 22.2 Å². The summed E-state index contributed by atoms with van der Waals surface area (Å²) < 4.78 is 40.5. The van der Waals surface area contributed by atoms with E-state index in [-0.39, 0.29) is 82.7 Å². The Bertz CT molecular complexity index is 495. The van der Waals surface area contributed by atoms with Crippen molar-refractivity contribution in [2.75, 3.05) is 34.5 Å². The van der Waals surface area contributed by atoms with Crippen molar-refractivity contribution in [2.24, 2.45) is 10.2 Å². The number of rotatable bonds is 17. The standard InChI is InChI=1S/C10H20N6O4S6.2Na/c11-15-13-9(1-5-25(17)18)7-23-21-3-4-22-24-8-10(14-16-12)2-6-26(19)20;;/h9-10H,1-8H2,(H,17,18)(H,19,20);;/q;2*+1/p-1/t9-,10-;;/m1../s1. The van der Waals surface area contributed by atoms with Crippen molar-refractivity contribution in [1.29, 1.82) is 0 Å². The minimum Gasteiger partial charge on any atom is -0.772 e. The van der Waals surface area contributed by atoms with Gasteiger partial charge in [-0.15, -0.1) is 0 Å². The molecule has 1 N–H and O–H groups in total. The van der Waals surface area contributed by atoms with Gasteiger partial charge in [0, 0.05) is 56.4 Å². The van der Waals surface area contributed by atoms with Crippen LogP contribution in [0, 0.1) is 0 Å². The van der Waals surface area contributed by atoms with Crippen LogP contribution in [0.3, 0.4) is 0 Å². The van der Waals surface area contributed by atoms with Gasteiger partial charge < -0.3 is 9.11 Å². The molecule has 18 heteroatoms. The third-order valence-electron chi connectivity index (χ3n) is 2.61. The summed E-state index contributed by atoms with van der Waals surface area (Å²) in [5.74, 6) is 2.92. The fourth-order valence-electron chi connectivity index (χ4n) is 1.40. The minimum absolute atomic E-state index is 0. The van der Waals surface area contributed by atoms with Crippen LogP contribution in [-0.4, -0.2) is 64.1 Å². The third-order valence-corrected chi connectivity index (χ3v) is 8.96. The van der Waals surface area contributed by atoms with E-state index in [2.05, 4.69) is 20.1 Å². The van der Waals surface area contributed by atoms with Crippen molar-refractivity contribution >= 4 is 65.3 Å². The zero-order valence-electron chi connectivity index (χ0n) is 15.6. The Morgan fingerprint density at radius 2 is 1.32 bits per heavy atom. The Kier molecular flexibility index (Phi) is 31.7. The average Bonchev–Trinajstić information content (AvgIpc) is 2.59. The minimum atomic E-state index is -2.13. The molecule has 0 aromatic carbocycles. The Morgan fingerprint density at radius 3 is 1.68 bits per heavy atom. The first-order chi connectivity index (χ1) is 12.5. The molecule has 0 heterocycles. The molecule has 10 nitrogen and oxygen atoms in total. The molecule has 4 atom stereocenters. The smallest absolute Gasteiger partial charge is 0.772 e. The molecule has 0 spiro atoms. The van der Waals surface area contributed by atoms with E-state index in [0.717, 1.165) is 11.5 Å². The number of azide groups is 2. The van der Waals surface area contributed by atoms with Gasteiger partial charge in [-0.2, -0.15) is 0 Å². The van der Waals surface area contributed by atoms with Crippen LogP contribution in [0.4, 0.5) is 0 Å². The fourth-order valence-corrected chi connectivity index (χ4v) is 7.55. The van der Waals surface area contributed by atoms with E-state index in [1.165, 1.54) is 10.8 Å². The van der Waals surface area contributed by atoms with Gasteiger partial charge in [0.25, 0.3) is 0 Å². The maximum Gasteiger partial charge on any atom is 1.00 e. The van der Waals surface area contributed by atoms with Gasteiger partial charge in [-0.25, -0.2) is 4.21 Å². The summed E-state index contributed by atoms with van der Waals surface area (Å²) in [7, 11) is 6.32. The molecule has 2 unspecified atom stereocenters. The van der Waals surface area contributed by atoms with E-state index in [1.54, 1.807) is 32.4 Å². The van der Waals surface area contributed by atoms with Crippen LogP contribution in [0.5, 0.6) is 0 Å². The summed E-state index contributed by atoms with van der Waals surface area (Å²) in [6, 6.07) is -0.633. The molecule has 150 valence electrons. The van der Waals surface area contributed by atoms with Gasteiger partial charge in [-0.05, 0) is 23.9 Å². The molecule has 0 aliphatic rings. The van der Waals surface area contributed by atoms with Crippen molar-refractivity contribution in [2.45, 2.75) is 24.9 Å². The van der Waals surface area contributed by atoms with Gasteiger partial charge in [0.05, 0.1) is 0 Å². The van der Waals surface area contributed by atoms with E-state index < -0.39 is 22.2 Å².